The molecule has 0 aliphatic heterocycles. The summed E-state index contributed by atoms with van der Waals surface area (Å²) < 4.78 is 55.2. The molecule has 0 atom stereocenters. The number of hydrogen-bond donors (Lipinski definition) is 2. The number of rotatable bonds is 6. The number of pyridine rings is 1. The van der Waals surface area contributed by atoms with Gasteiger partial charge in [0.25, 0.3) is 5.91 Å². The second-order valence-corrected chi connectivity index (χ2v) is 9.43. The highest BCUT2D eigenvalue weighted by atomic mass is 19.4. The van der Waals surface area contributed by atoms with Crippen LogP contribution in [-0.2, 0) is 6.54 Å². The molecule has 10 nitrogen and oxygen atoms in total. The number of nitrogens with one attached hydrogen (secondary N) is 1. The van der Waals surface area contributed by atoms with Gasteiger partial charge in [-0.15, -0.1) is 0 Å². The molecule has 0 spiro atoms. The van der Waals surface area contributed by atoms with Crippen LogP contribution in [0.5, 0.6) is 0 Å². The highest BCUT2D eigenvalue weighted by Gasteiger charge is 2.30. The molecule has 5 rings (SSSR count). The Balaban J connectivity index is 1.47. The SMILES string of the molecule is CC(C)n1cc(-c2ccc(F)cn2)c(=O)c(C(=O)Nc2ccc(-c3cn(CC(F)(F)F)c4ncnc(N)c34)cc2)n1. The number of alkyl halides is 3. The summed E-state index contributed by atoms with van der Waals surface area (Å²) in [4.78, 5) is 38.2. The first-order valence-electron chi connectivity index (χ1n) is 12.2. The molecule has 0 aliphatic carbocycles. The van der Waals surface area contributed by atoms with Crippen molar-refractivity contribution in [2.75, 3.05) is 11.1 Å². The van der Waals surface area contributed by atoms with E-state index in [0.717, 1.165) is 23.2 Å². The molecule has 1 amide bonds. The van der Waals surface area contributed by atoms with Crippen molar-refractivity contribution in [2.24, 2.45) is 0 Å². The van der Waals surface area contributed by atoms with Crippen LogP contribution in [0.4, 0.5) is 29.1 Å². The summed E-state index contributed by atoms with van der Waals surface area (Å²) in [5, 5.41) is 7.06. The highest BCUT2D eigenvalue weighted by Crippen LogP contribution is 2.34. The van der Waals surface area contributed by atoms with Gasteiger partial charge in [0.15, 0.2) is 5.69 Å². The van der Waals surface area contributed by atoms with Crippen molar-refractivity contribution >= 4 is 28.4 Å². The van der Waals surface area contributed by atoms with Crippen molar-refractivity contribution in [2.45, 2.75) is 32.6 Å². The number of hydrogen-bond acceptors (Lipinski definition) is 7. The van der Waals surface area contributed by atoms with Crippen molar-refractivity contribution in [3.05, 3.63) is 83.1 Å². The van der Waals surface area contributed by atoms with Gasteiger partial charge in [0, 0.05) is 29.7 Å². The molecule has 210 valence electrons. The topological polar surface area (TPSA) is 134 Å². The third-order valence-corrected chi connectivity index (χ3v) is 6.17. The van der Waals surface area contributed by atoms with E-state index in [2.05, 4.69) is 25.4 Å². The minimum atomic E-state index is -4.48. The summed E-state index contributed by atoms with van der Waals surface area (Å²) in [7, 11) is 0. The number of fused-ring (bicyclic) bond motifs is 1. The van der Waals surface area contributed by atoms with E-state index < -0.39 is 35.6 Å². The minimum absolute atomic E-state index is 0.0198. The smallest absolute Gasteiger partial charge is 0.383 e. The normalized spacial score (nSPS) is 11.8. The number of carbonyl (C=O) groups is 1. The van der Waals surface area contributed by atoms with Gasteiger partial charge in [-0.1, -0.05) is 12.1 Å². The largest absolute Gasteiger partial charge is 0.406 e. The molecule has 4 aromatic heterocycles. The zero-order valence-electron chi connectivity index (χ0n) is 21.6. The van der Waals surface area contributed by atoms with Gasteiger partial charge in [0.1, 0.15) is 30.2 Å². The molecular formula is C27H22F4N8O2. The molecular weight excluding hydrogens is 544 g/mol. The first kappa shape index (κ1) is 27.4. The van der Waals surface area contributed by atoms with Gasteiger partial charge >= 0.3 is 6.18 Å². The molecule has 0 unspecified atom stereocenters. The molecule has 3 N–H and O–H groups in total. The lowest BCUT2D eigenvalue weighted by Gasteiger charge is -2.13. The fraction of sp³-hybridized carbons (Fsp3) is 0.185. The van der Waals surface area contributed by atoms with Crippen molar-refractivity contribution in [1.29, 1.82) is 0 Å². The molecule has 5 aromatic rings. The number of benzene rings is 1. The zero-order chi connectivity index (χ0) is 29.5. The lowest BCUT2D eigenvalue weighted by atomic mass is 10.1. The van der Waals surface area contributed by atoms with Gasteiger partial charge < -0.3 is 15.6 Å². The number of nitrogens with two attached hydrogens (primary N) is 1. The zero-order valence-corrected chi connectivity index (χ0v) is 21.6. The van der Waals surface area contributed by atoms with E-state index in [1.807, 2.05) is 13.8 Å². The average Bonchev–Trinajstić information content (AvgIpc) is 3.27. The van der Waals surface area contributed by atoms with Gasteiger partial charge in [-0.2, -0.15) is 18.3 Å². The minimum Gasteiger partial charge on any atom is -0.383 e. The van der Waals surface area contributed by atoms with Gasteiger partial charge in [0.2, 0.25) is 5.43 Å². The van der Waals surface area contributed by atoms with E-state index in [1.54, 1.807) is 12.1 Å². The number of halogens is 4. The average molecular weight is 567 g/mol. The Hall–Kier alpha value is -5.14. The van der Waals surface area contributed by atoms with Crippen LogP contribution in [0.25, 0.3) is 33.4 Å². The summed E-state index contributed by atoms with van der Waals surface area (Å²) in [6.45, 7) is 2.36. The van der Waals surface area contributed by atoms with Crippen LogP contribution in [0.1, 0.15) is 30.4 Å². The number of amides is 1. The summed E-state index contributed by atoms with van der Waals surface area (Å²) in [5.74, 6) is -1.35. The first-order valence-corrected chi connectivity index (χ1v) is 12.2. The molecule has 0 saturated carbocycles. The van der Waals surface area contributed by atoms with Crippen LogP contribution in [-0.4, -0.2) is 41.4 Å². The number of aromatic nitrogens is 6. The van der Waals surface area contributed by atoms with Crippen molar-refractivity contribution < 1.29 is 22.4 Å². The van der Waals surface area contributed by atoms with E-state index >= 15 is 0 Å². The Bertz CT molecular complexity index is 1810. The van der Waals surface area contributed by atoms with E-state index in [4.69, 9.17) is 5.73 Å². The first-order chi connectivity index (χ1) is 19.4. The number of nitrogens with zero attached hydrogens (tertiary/aromatic N) is 6. The third-order valence-electron chi connectivity index (χ3n) is 6.17. The van der Waals surface area contributed by atoms with Gasteiger partial charge in [0.05, 0.1) is 22.8 Å². The number of carbonyl (C=O) groups excluding carboxylic acids is 1. The quantitative estimate of drug-likeness (QED) is 0.281. The molecule has 0 aliphatic rings. The van der Waals surface area contributed by atoms with Crippen LogP contribution in [0.3, 0.4) is 0 Å². The molecule has 4 heterocycles. The predicted molar refractivity (Wildman–Crippen MR) is 143 cm³/mol. The van der Waals surface area contributed by atoms with E-state index in [-0.39, 0.29) is 34.2 Å². The van der Waals surface area contributed by atoms with Crippen molar-refractivity contribution in [1.82, 2.24) is 29.3 Å². The standard InChI is InChI=1S/C27H22F4N8O2/c1-14(2)39-11-19(20-8-5-16(28)9-33-20)23(40)22(37-39)26(41)36-17-6-3-15(4-7-17)18-10-38(12-27(29,30)31)25-21(18)24(32)34-13-35-25/h3-11,13-14H,12H2,1-2H3,(H,36,41)(H2,32,34,35). The molecule has 0 radical (unpaired) electrons. The fourth-order valence-corrected chi connectivity index (χ4v) is 4.24. The van der Waals surface area contributed by atoms with Gasteiger partial charge in [-0.05, 0) is 43.7 Å². The summed E-state index contributed by atoms with van der Waals surface area (Å²) >= 11 is 0. The Morgan fingerprint density at radius 2 is 1.76 bits per heavy atom. The van der Waals surface area contributed by atoms with E-state index in [9.17, 15) is 27.2 Å². The van der Waals surface area contributed by atoms with Crippen LogP contribution < -0.4 is 16.5 Å². The van der Waals surface area contributed by atoms with Crippen LogP contribution in [0.15, 0.2) is 66.1 Å². The second kappa shape index (κ2) is 10.4. The van der Waals surface area contributed by atoms with Gasteiger partial charge in [-0.3, -0.25) is 19.3 Å². The summed E-state index contributed by atoms with van der Waals surface area (Å²) in [6.07, 6.45) is 0.322. The van der Waals surface area contributed by atoms with E-state index in [1.165, 1.54) is 35.3 Å². The van der Waals surface area contributed by atoms with E-state index in [0.29, 0.717) is 16.8 Å². The lowest BCUT2D eigenvalue weighted by molar-refractivity contribution is -0.139. The maximum atomic E-state index is 13.4. The molecule has 0 saturated heterocycles. The van der Waals surface area contributed by atoms with Crippen LogP contribution in [0, 0.1) is 5.82 Å². The molecule has 1 aromatic carbocycles. The number of anilines is 2. The van der Waals surface area contributed by atoms with Crippen LogP contribution in [0.2, 0.25) is 0 Å². The Morgan fingerprint density at radius 1 is 1.02 bits per heavy atom. The Morgan fingerprint density at radius 3 is 2.39 bits per heavy atom. The Labute approximate surface area is 229 Å². The maximum Gasteiger partial charge on any atom is 0.406 e. The Kier molecular flexibility index (Phi) is 6.99. The fourth-order valence-electron chi connectivity index (χ4n) is 4.24. The van der Waals surface area contributed by atoms with Crippen molar-refractivity contribution in [3.8, 4) is 22.4 Å². The highest BCUT2D eigenvalue weighted by molar-refractivity contribution is 6.04. The predicted octanol–water partition coefficient (Wildman–Crippen LogP) is 4.83. The second-order valence-electron chi connectivity index (χ2n) is 9.43. The molecule has 14 heteroatoms. The lowest BCUT2D eigenvalue weighted by Crippen LogP contribution is -2.28. The van der Waals surface area contributed by atoms with Gasteiger partial charge in [-0.25, -0.2) is 14.4 Å². The summed E-state index contributed by atoms with van der Waals surface area (Å²) in [5.41, 5.74) is 6.35. The maximum absolute atomic E-state index is 13.4. The molecule has 0 fully saturated rings. The van der Waals surface area contributed by atoms with Crippen molar-refractivity contribution in [3.63, 3.8) is 0 Å². The third kappa shape index (κ3) is 5.62. The molecule has 0 bridgehead atoms. The number of nitrogen functional groups attached to an aromatic ring is 1. The van der Waals surface area contributed by atoms with Crippen LogP contribution >= 0.6 is 0 Å². The monoisotopic (exact) mass is 566 g/mol. The summed E-state index contributed by atoms with van der Waals surface area (Å²) in [6, 6.07) is 8.47. The molecule has 41 heavy (non-hydrogen) atoms.